The van der Waals surface area contributed by atoms with E-state index in [1.807, 2.05) is 0 Å². The Hall–Kier alpha value is -3.91. The van der Waals surface area contributed by atoms with Crippen molar-refractivity contribution in [1.82, 2.24) is 0 Å². The summed E-state index contributed by atoms with van der Waals surface area (Å²) in [4.78, 5) is 41.0. The summed E-state index contributed by atoms with van der Waals surface area (Å²) < 4.78 is 23.7. The van der Waals surface area contributed by atoms with Gasteiger partial charge in [-0.25, -0.2) is 0 Å². The molecule has 3 heterocycles. The molecule has 3 aliphatic heterocycles. The number of carbonyl (C=O) groups is 3. The smallest absolute Gasteiger partial charge is 0.312 e. The van der Waals surface area contributed by atoms with Gasteiger partial charge < -0.3 is 49.8 Å². The number of carbonyl (C=O) groups excluding carboxylic acids is 3. The van der Waals surface area contributed by atoms with Gasteiger partial charge in [0.15, 0.2) is 11.4 Å². The maximum Gasteiger partial charge on any atom is 0.312 e. The van der Waals surface area contributed by atoms with E-state index >= 15 is 0 Å². The SMILES string of the molecule is CO[C@H]1C=CO[C@@]2(C)Oc3c(C)c(O)c4c5c(cc(O)c4c3C2=O)NC(=O)[C@](C)(CC(=O)[C@@H]2C[C@@H]2[C@H](O)[C@@H](C)[C@@H](O)[C@@H](C)[C@H](O)[C@@H]1C)O5. The molecule has 48 heavy (non-hydrogen) atoms. The molecule has 1 saturated carbocycles. The summed E-state index contributed by atoms with van der Waals surface area (Å²) in [6.45, 7) is 9.38. The number of aliphatic hydroxyl groups is 3. The van der Waals surface area contributed by atoms with Crippen molar-refractivity contribution in [3.8, 4) is 23.0 Å². The van der Waals surface area contributed by atoms with Crippen molar-refractivity contribution in [3.05, 3.63) is 29.5 Å². The van der Waals surface area contributed by atoms with E-state index in [9.17, 15) is 39.9 Å². The molecule has 4 aliphatic rings. The second kappa shape index (κ2) is 11.6. The number of methoxy groups -OCH3 is 1. The molecule has 1 fully saturated rings. The zero-order chi connectivity index (χ0) is 35.2. The lowest BCUT2D eigenvalue weighted by Crippen LogP contribution is -2.50. The summed E-state index contributed by atoms with van der Waals surface area (Å²) in [5.41, 5.74) is -1.64. The summed E-state index contributed by atoms with van der Waals surface area (Å²) in [5.74, 6) is -7.51. The van der Waals surface area contributed by atoms with Crippen LogP contribution in [-0.2, 0) is 19.1 Å². The van der Waals surface area contributed by atoms with Crippen LogP contribution in [0.1, 0.15) is 63.4 Å². The molecular formula is C35H43NO12. The van der Waals surface area contributed by atoms with Gasteiger partial charge in [-0.3, -0.25) is 14.4 Å². The van der Waals surface area contributed by atoms with Crippen LogP contribution in [0.15, 0.2) is 18.4 Å². The van der Waals surface area contributed by atoms with Gasteiger partial charge in [0.25, 0.3) is 11.7 Å². The first-order chi connectivity index (χ1) is 22.5. The molecule has 1 amide bonds. The zero-order valence-corrected chi connectivity index (χ0v) is 27.9. The van der Waals surface area contributed by atoms with Crippen molar-refractivity contribution < 1.29 is 58.9 Å². The van der Waals surface area contributed by atoms with Crippen molar-refractivity contribution in [1.29, 1.82) is 0 Å². The Labute approximate surface area is 277 Å². The minimum atomic E-state index is -1.93. The molecule has 6 rings (SSSR count). The van der Waals surface area contributed by atoms with Gasteiger partial charge in [-0.1, -0.05) is 20.8 Å². The van der Waals surface area contributed by atoms with Crippen LogP contribution in [0.5, 0.6) is 23.0 Å². The minimum Gasteiger partial charge on any atom is -0.507 e. The molecule has 13 nitrogen and oxygen atoms in total. The minimum absolute atomic E-state index is 0.0188. The Morgan fingerprint density at radius 3 is 2.23 bits per heavy atom. The molecule has 13 heteroatoms. The van der Waals surface area contributed by atoms with Gasteiger partial charge in [0.05, 0.1) is 53.7 Å². The van der Waals surface area contributed by atoms with Crippen LogP contribution in [0.4, 0.5) is 5.69 Å². The number of rotatable bonds is 1. The van der Waals surface area contributed by atoms with E-state index < -0.39 is 82.8 Å². The Kier molecular flexibility index (Phi) is 8.22. The molecule has 6 N–H and O–H groups in total. The molecule has 1 aliphatic carbocycles. The lowest BCUT2D eigenvalue weighted by atomic mass is 9.79. The molecule has 0 radical (unpaired) electrons. The summed E-state index contributed by atoms with van der Waals surface area (Å²) in [6.07, 6.45) is -1.33. The summed E-state index contributed by atoms with van der Waals surface area (Å²) in [6, 6.07) is 1.20. The van der Waals surface area contributed by atoms with E-state index in [1.54, 1.807) is 20.8 Å². The molecule has 0 aromatic heterocycles. The first-order valence-corrected chi connectivity index (χ1v) is 16.2. The second-order valence-electron chi connectivity index (χ2n) is 14.2. The molecular weight excluding hydrogens is 626 g/mol. The van der Waals surface area contributed by atoms with Crippen LogP contribution in [0.3, 0.4) is 0 Å². The van der Waals surface area contributed by atoms with Gasteiger partial charge >= 0.3 is 5.79 Å². The average Bonchev–Trinajstić information content (AvgIpc) is 3.80. The Bertz CT molecular complexity index is 1740. The number of benzene rings is 2. The Morgan fingerprint density at radius 2 is 1.56 bits per heavy atom. The van der Waals surface area contributed by atoms with Crippen molar-refractivity contribution in [2.24, 2.45) is 29.6 Å². The monoisotopic (exact) mass is 669 g/mol. The Morgan fingerprint density at radius 1 is 0.917 bits per heavy atom. The number of aromatic hydroxyl groups is 2. The number of nitrogens with one attached hydrogen (secondary N) is 1. The van der Waals surface area contributed by atoms with Crippen molar-refractivity contribution in [2.45, 2.75) is 90.2 Å². The number of anilines is 1. The molecule has 260 valence electrons. The number of Topliss-reactive ketones (excluding diaryl/α,β-unsaturated/α-hetero) is 2. The van der Waals surface area contributed by atoms with Gasteiger partial charge in [-0.15, -0.1) is 0 Å². The van der Waals surface area contributed by atoms with Gasteiger partial charge in [0.2, 0.25) is 0 Å². The van der Waals surface area contributed by atoms with Gasteiger partial charge in [-0.05, 0) is 32.3 Å². The summed E-state index contributed by atoms with van der Waals surface area (Å²) >= 11 is 0. The highest BCUT2D eigenvalue weighted by molar-refractivity contribution is 6.22. The Balaban J connectivity index is 1.48. The normalized spacial score (nSPS) is 38.1. The summed E-state index contributed by atoms with van der Waals surface area (Å²) in [5, 5.41) is 58.8. The second-order valence-corrected chi connectivity index (χ2v) is 14.2. The fourth-order valence-electron chi connectivity index (χ4n) is 7.54. The number of phenolic OH excluding ortho intramolecular Hbond substituents is 2. The third-order valence-electron chi connectivity index (χ3n) is 10.9. The van der Waals surface area contributed by atoms with E-state index in [0.29, 0.717) is 6.42 Å². The highest BCUT2D eigenvalue weighted by Gasteiger charge is 2.54. The van der Waals surface area contributed by atoms with Crippen molar-refractivity contribution >= 4 is 33.9 Å². The highest BCUT2D eigenvalue weighted by atomic mass is 16.7. The number of hydrogen-bond donors (Lipinski definition) is 6. The molecule has 0 unspecified atom stereocenters. The molecule has 0 spiro atoms. The highest BCUT2D eigenvalue weighted by Crippen LogP contribution is 2.56. The van der Waals surface area contributed by atoms with Crippen LogP contribution in [-0.4, -0.2) is 85.9 Å². The number of ether oxygens (including phenoxy) is 4. The number of aliphatic hydroxyl groups excluding tert-OH is 3. The fourth-order valence-corrected chi connectivity index (χ4v) is 7.54. The number of phenols is 2. The number of fused-ring (bicyclic) bond motifs is 3. The van der Waals surface area contributed by atoms with Gasteiger partial charge in [0, 0.05) is 54.7 Å². The van der Waals surface area contributed by atoms with Crippen LogP contribution in [0, 0.1) is 36.5 Å². The van der Waals surface area contributed by atoms with Gasteiger partial charge in [0.1, 0.15) is 23.0 Å². The van der Waals surface area contributed by atoms with Crippen LogP contribution in [0.25, 0.3) is 10.8 Å². The topological polar surface area (TPSA) is 201 Å². The van der Waals surface area contributed by atoms with Crippen LogP contribution >= 0.6 is 0 Å². The molecule has 2 aromatic carbocycles. The lowest BCUT2D eigenvalue weighted by molar-refractivity contribution is -0.137. The van der Waals surface area contributed by atoms with E-state index in [-0.39, 0.29) is 57.0 Å². The average molecular weight is 670 g/mol. The predicted octanol–water partition coefficient (Wildman–Crippen LogP) is 3.09. The standard InChI is InChI=1S/C35H43NO12/c1-13-22(45-7)8-9-46-35(6)32(43)25-23-20(37)11-19-31(24(23)29(42)16(4)30(25)48-35)47-34(5,33(44)36-19)12-21(38)17-10-18(17)28(41)15(3)27(40)14(2)26(13)39/h8-9,11,13-15,17-18,22,26-28,37,39-42H,10,12H2,1-7H3,(H,36,44)/t13-,14+,15+,17-,18+,22+,26-,27+,28-,34+,35+/m1/s1. The third-order valence-corrected chi connectivity index (χ3v) is 10.9. The quantitative estimate of drug-likeness (QED) is 0.260. The number of hydrogen-bond acceptors (Lipinski definition) is 12. The molecule has 6 bridgehead atoms. The van der Waals surface area contributed by atoms with Crippen molar-refractivity contribution in [3.63, 3.8) is 0 Å². The number of ketones is 2. The number of amides is 1. The maximum absolute atomic E-state index is 14.0. The van der Waals surface area contributed by atoms with Gasteiger partial charge in [-0.2, -0.15) is 0 Å². The van der Waals surface area contributed by atoms with E-state index in [0.717, 1.165) is 0 Å². The first kappa shape index (κ1) is 34.0. The lowest BCUT2D eigenvalue weighted by Gasteiger charge is -2.36. The van der Waals surface area contributed by atoms with E-state index in [4.69, 9.17) is 18.9 Å². The van der Waals surface area contributed by atoms with Crippen molar-refractivity contribution in [2.75, 3.05) is 12.4 Å². The first-order valence-electron chi connectivity index (χ1n) is 16.2. The van der Waals surface area contributed by atoms with Crippen LogP contribution < -0.4 is 14.8 Å². The van der Waals surface area contributed by atoms with E-state index in [1.165, 1.54) is 46.3 Å². The zero-order valence-electron chi connectivity index (χ0n) is 27.9. The predicted molar refractivity (Wildman–Crippen MR) is 171 cm³/mol. The molecule has 11 atom stereocenters. The molecule has 0 saturated heterocycles. The largest absolute Gasteiger partial charge is 0.507 e. The fraction of sp³-hybridized carbons (Fsp3) is 0.571. The van der Waals surface area contributed by atoms with Crippen LogP contribution in [0.2, 0.25) is 0 Å². The molecule has 2 aromatic rings. The maximum atomic E-state index is 14.0. The van der Waals surface area contributed by atoms with E-state index in [2.05, 4.69) is 5.32 Å². The summed E-state index contributed by atoms with van der Waals surface area (Å²) in [7, 11) is 1.44. The third kappa shape index (κ3) is 5.10.